The number of nitrogens with two attached hydrogens (primary N) is 1. The number of hydrogen-bond acceptors (Lipinski definition) is 3. The summed E-state index contributed by atoms with van der Waals surface area (Å²) < 4.78 is 13.2. The number of primary amides is 1. The molecule has 1 amide bonds. The second-order valence-corrected chi connectivity index (χ2v) is 6.36. The fraction of sp³-hybridized carbons (Fsp3) is 0.500. The number of carbonyl (C=O) groups excluding carboxylic acids is 1. The second kappa shape index (κ2) is 5.92. The van der Waals surface area contributed by atoms with E-state index in [1.807, 2.05) is 6.07 Å². The van der Waals surface area contributed by atoms with Gasteiger partial charge in [0.1, 0.15) is 5.82 Å². The summed E-state index contributed by atoms with van der Waals surface area (Å²) in [5.41, 5.74) is 4.91. The summed E-state index contributed by atoms with van der Waals surface area (Å²) in [5.74, 6) is -0.518. The van der Waals surface area contributed by atoms with Gasteiger partial charge in [-0.15, -0.1) is 11.8 Å². The van der Waals surface area contributed by atoms with Crippen molar-refractivity contribution in [1.82, 2.24) is 5.32 Å². The summed E-state index contributed by atoms with van der Waals surface area (Å²) in [6.07, 6.45) is 3.45. The summed E-state index contributed by atoms with van der Waals surface area (Å²) in [7, 11) is 1.78. The fourth-order valence-electron chi connectivity index (χ4n) is 2.63. The van der Waals surface area contributed by atoms with E-state index in [0.29, 0.717) is 6.42 Å². The Labute approximate surface area is 117 Å². The van der Waals surface area contributed by atoms with E-state index in [-0.39, 0.29) is 17.0 Å². The van der Waals surface area contributed by atoms with Crippen molar-refractivity contribution in [3.05, 3.63) is 30.1 Å². The van der Waals surface area contributed by atoms with Crippen molar-refractivity contribution in [3.8, 4) is 0 Å². The van der Waals surface area contributed by atoms with E-state index in [0.717, 1.165) is 24.2 Å². The first-order chi connectivity index (χ1) is 9.05. The smallest absolute Gasteiger partial charge is 0.237 e. The highest BCUT2D eigenvalue weighted by Gasteiger charge is 2.40. The molecule has 1 aliphatic carbocycles. The lowest BCUT2D eigenvalue weighted by Crippen LogP contribution is -2.57. The molecule has 0 bridgehead atoms. The van der Waals surface area contributed by atoms with Crippen LogP contribution in [-0.2, 0) is 4.79 Å². The van der Waals surface area contributed by atoms with Crippen molar-refractivity contribution >= 4 is 17.7 Å². The van der Waals surface area contributed by atoms with Gasteiger partial charge in [-0.25, -0.2) is 4.39 Å². The molecule has 5 heteroatoms. The molecule has 1 aromatic carbocycles. The molecule has 1 saturated carbocycles. The molecule has 104 valence electrons. The zero-order valence-corrected chi connectivity index (χ0v) is 11.8. The van der Waals surface area contributed by atoms with Gasteiger partial charge in [0.05, 0.1) is 5.54 Å². The van der Waals surface area contributed by atoms with Crippen LogP contribution in [-0.4, -0.2) is 23.7 Å². The monoisotopic (exact) mass is 282 g/mol. The third kappa shape index (κ3) is 3.28. The van der Waals surface area contributed by atoms with Crippen LogP contribution in [0.15, 0.2) is 29.2 Å². The van der Waals surface area contributed by atoms with Crippen molar-refractivity contribution in [1.29, 1.82) is 0 Å². The van der Waals surface area contributed by atoms with Crippen molar-refractivity contribution in [3.63, 3.8) is 0 Å². The normalized spacial score (nSPS) is 27.2. The predicted octanol–water partition coefficient (Wildman–Crippen LogP) is 2.30. The Balaban J connectivity index is 2.07. The lowest BCUT2D eigenvalue weighted by atomic mass is 9.81. The Morgan fingerprint density at radius 1 is 1.58 bits per heavy atom. The van der Waals surface area contributed by atoms with Gasteiger partial charge in [0.15, 0.2) is 0 Å². The maximum Gasteiger partial charge on any atom is 0.237 e. The van der Waals surface area contributed by atoms with Crippen LogP contribution in [0.25, 0.3) is 0 Å². The standard InChI is InChI=1S/C14H19FN2OS/c1-17-14(13(16)18)7-3-6-12(9-14)19-11-5-2-4-10(15)8-11/h2,4-5,8,12,17H,3,6-7,9H2,1H3,(H2,16,18). The van der Waals surface area contributed by atoms with Gasteiger partial charge in [-0.05, 0) is 50.9 Å². The zero-order chi connectivity index (χ0) is 13.9. The summed E-state index contributed by atoms with van der Waals surface area (Å²) in [6.45, 7) is 0. The summed E-state index contributed by atoms with van der Waals surface area (Å²) in [6, 6.07) is 6.57. The van der Waals surface area contributed by atoms with E-state index >= 15 is 0 Å². The zero-order valence-electron chi connectivity index (χ0n) is 11.0. The van der Waals surface area contributed by atoms with Gasteiger partial charge in [-0.2, -0.15) is 0 Å². The summed E-state index contributed by atoms with van der Waals surface area (Å²) >= 11 is 1.63. The third-order valence-electron chi connectivity index (χ3n) is 3.75. The highest BCUT2D eigenvalue weighted by molar-refractivity contribution is 8.00. The molecule has 0 aromatic heterocycles. The molecule has 2 rings (SSSR count). The first-order valence-corrected chi connectivity index (χ1v) is 7.35. The number of amides is 1. The van der Waals surface area contributed by atoms with Crippen molar-refractivity contribution < 1.29 is 9.18 Å². The van der Waals surface area contributed by atoms with Crippen LogP contribution in [0.2, 0.25) is 0 Å². The van der Waals surface area contributed by atoms with Crippen LogP contribution in [0, 0.1) is 5.82 Å². The maximum atomic E-state index is 13.2. The van der Waals surface area contributed by atoms with E-state index in [9.17, 15) is 9.18 Å². The first kappa shape index (κ1) is 14.3. The summed E-state index contributed by atoms with van der Waals surface area (Å²) in [4.78, 5) is 12.6. The molecule has 0 saturated heterocycles. The Kier molecular flexibility index (Phi) is 4.47. The topological polar surface area (TPSA) is 55.1 Å². The highest BCUT2D eigenvalue weighted by atomic mass is 32.2. The van der Waals surface area contributed by atoms with Crippen LogP contribution in [0.5, 0.6) is 0 Å². The van der Waals surface area contributed by atoms with Crippen LogP contribution >= 0.6 is 11.8 Å². The number of rotatable bonds is 4. The van der Waals surface area contributed by atoms with Crippen LogP contribution in [0.4, 0.5) is 4.39 Å². The maximum absolute atomic E-state index is 13.2. The minimum atomic E-state index is -0.608. The van der Waals surface area contributed by atoms with Crippen molar-refractivity contribution in [2.24, 2.45) is 5.73 Å². The molecular formula is C14H19FN2OS. The van der Waals surface area contributed by atoms with E-state index in [2.05, 4.69) is 5.32 Å². The predicted molar refractivity (Wildman–Crippen MR) is 75.5 cm³/mol. The van der Waals surface area contributed by atoms with E-state index in [1.165, 1.54) is 12.1 Å². The largest absolute Gasteiger partial charge is 0.368 e. The van der Waals surface area contributed by atoms with Crippen LogP contribution in [0.3, 0.4) is 0 Å². The number of carbonyl (C=O) groups is 1. The number of hydrogen-bond donors (Lipinski definition) is 2. The number of nitrogens with one attached hydrogen (secondary N) is 1. The molecule has 19 heavy (non-hydrogen) atoms. The van der Waals surface area contributed by atoms with E-state index in [1.54, 1.807) is 24.9 Å². The van der Waals surface area contributed by atoms with Gasteiger partial charge in [-0.3, -0.25) is 4.79 Å². The minimum absolute atomic E-state index is 0.226. The van der Waals surface area contributed by atoms with Gasteiger partial charge >= 0.3 is 0 Å². The average Bonchev–Trinajstić information content (AvgIpc) is 2.38. The third-order valence-corrected chi connectivity index (χ3v) is 5.02. The second-order valence-electron chi connectivity index (χ2n) is 4.99. The lowest BCUT2D eigenvalue weighted by molar-refractivity contribution is -0.125. The molecule has 3 N–H and O–H groups in total. The van der Waals surface area contributed by atoms with Gasteiger partial charge in [0.25, 0.3) is 0 Å². The van der Waals surface area contributed by atoms with Gasteiger partial charge in [0, 0.05) is 10.1 Å². The van der Waals surface area contributed by atoms with Gasteiger partial charge in [0.2, 0.25) is 5.91 Å². The number of benzene rings is 1. The molecule has 0 spiro atoms. The molecule has 2 unspecified atom stereocenters. The summed E-state index contributed by atoms with van der Waals surface area (Å²) in [5, 5.41) is 3.37. The molecule has 0 radical (unpaired) electrons. The van der Waals surface area contributed by atoms with E-state index < -0.39 is 5.54 Å². The quantitative estimate of drug-likeness (QED) is 0.891. The van der Waals surface area contributed by atoms with Crippen molar-refractivity contribution in [2.45, 2.75) is 41.4 Å². The first-order valence-electron chi connectivity index (χ1n) is 6.47. The van der Waals surface area contributed by atoms with Gasteiger partial charge < -0.3 is 11.1 Å². The molecule has 1 aromatic rings. The minimum Gasteiger partial charge on any atom is -0.368 e. The molecule has 2 atom stereocenters. The molecule has 1 aliphatic rings. The SMILES string of the molecule is CNC1(C(N)=O)CCCC(Sc2cccc(F)c2)C1. The molecular weight excluding hydrogens is 263 g/mol. The number of thioether (sulfide) groups is 1. The Morgan fingerprint density at radius 2 is 2.37 bits per heavy atom. The fourth-order valence-corrected chi connectivity index (χ4v) is 4.01. The van der Waals surface area contributed by atoms with E-state index in [4.69, 9.17) is 5.73 Å². The Hall–Kier alpha value is -1.07. The molecule has 0 heterocycles. The van der Waals surface area contributed by atoms with Crippen LogP contribution in [0.1, 0.15) is 25.7 Å². The highest BCUT2D eigenvalue weighted by Crippen LogP contribution is 2.38. The lowest BCUT2D eigenvalue weighted by Gasteiger charge is -2.38. The Bertz CT molecular complexity index is 469. The molecule has 0 aliphatic heterocycles. The van der Waals surface area contributed by atoms with Gasteiger partial charge in [-0.1, -0.05) is 6.07 Å². The van der Waals surface area contributed by atoms with Crippen molar-refractivity contribution in [2.75, 3.05) is 7.05 Å². The molecule has 3 nitrogen and oxygen atoms in total. The van der Waals surface area contributed by atoms with Crippen LogP contribution < -0.4 is 11.1 Å². The number of halogens is 1. The molecule has 1 fully saturated rings. The Morgan fingerprint density at radius 3 is 3.00 bits per heavy atom. The number of likely N-dealkylation sites (N-methyl/N-ethyl adjacent to an activating group) is 1. The average molecular weight is 282 g/mol.